The fourth-order valence-electron chi connectivity index (χ4n) is 2.65. The number of sulfonamides is 1. The Labute approximate surface area is 180 Å². The van der Waals surface area contributed by atoms with Gasteiger partial charge >= 0.3 is 0 Å². The summed E-state index contributed by atoms with van der Waals surface area (Å²) in [5, 5.41) is 3.36. The summed E-state index contributed by atoms with van der Waals surface area (Å²) in [5.74, 6) is 0.421. The zero-order chi connectivity index (χ0) is 21.6. The van der Waals surface area contributed by atoms with Gasteiger partial charge < -0.3 is 14.8 Å². The Hall–Kier alpha value is -2.16. The fraction of sp³-hybridized carbons (Fsp3) is 0.316. The van der Waals surface area contributed by atoms with E-state index in [-0.39, 0.29) is 23.9 Å². The normalized spacial score (nSPS) is 12.2. The predicted octanol–water partition coefficient (Wildman–Crippen LogP) is 3.35. The van der Waals surface area contributed by atoms with E-state index in [0.29, 0.717) is 16.5 Å². The fourth-order valence-corrected chi connectivity index (χ4v) is 4.25. The second-order valence-electron chi connectivity index (χ2n) is 6.12. The average molecular weight is 461 g/mol. The second kappa shape index (κ2) is 10.0. The predicted molar refractivity (Wildman–Crippen MR) is 115 cm³/mol. The molecule has 0 spiro atoms. The molecule has 0 aliphatic rings. The smallest absolute Gasteiger partial charge is 0.243 e. The molecule has 2 aromatic rings. The van der Waals surface area contributed by atoms with Crippen molar-refractivity contribution < 1.29 is 22.7 Å². The first-order chi connectivity index (χ1) is 13.6. The molecule has 0 saturated carbocycles. The van der Waals surface area contributed by atoms with Crippen LogP contribution in [0.4, 0.5) is 5.69 Å². The van der Waals surface area contributed by atoms with Crippen LogP contribution >= 0.6 is 23.2 Å². The molecule has 1 atom stereocenters. The van der Waals surface area contributed by atoms with Crippen LogP contribution in [0.15, 0.2) is 42.5 Å². The van der Waals surface area contributed by atoms with Crippen molar-refractivity contribution in [3.05, 3.63) is 52.5 Å². The van der Waals surface area contributed by atoms with Crippen molar-refractivity contribution in [1.29, 1.82) is 0 Å². The minimum atomic E-state index is -3.75. The van der Waals surface area contributed by atoms with Crippen LogP contribution < -0.4 is 19.1 Å². The molecule has 7 nitrogen and oxygen atoms in total. The average Bonchev–Trinajstić information content (AvgIpc) is 2.65. The number of nitrogens with one attached hydrogen (secondary N) is 1. The summed E-state index contributed by atoms with van der Waals surface area (Å²) in [6.07, 6.45) is 1.02. The summed E-state index contributed by atoms with van der Waals surface area (Å²) in [6.45, 7) is 1.84. The molecule has 1 N–H and O–H groups in total. The second-order valence-corrected chi connectivity index (χ2v) is 8.80. The maximum Gasteiger partial charge on any atom is 0.243 e. The van der Waals surface area contributed by atoms with Crippen LogP contribution in [0.5, 0.6) is 11.5 Å². The van der Waals surface area contributed by atoms with Crippen molar-refractivity contribution in [2.24, 2.45) is 0 Å². The molecule has 0 radical (unpaired) electrons. The third-order valence-electron chi connectivity index (χ3n) is 3.97. The van der Waals surface area contributed by atoms with Gasteiger partial charge in [-0.05, 0) is 37.3 Å². The van der Waals surface area contributed by atoms with Gasteiger partial charge in [-0.1, -0.05) is 35.3 Å². The monoisotopic (exact) mass is 460 g/mol. The first-order valence-corrected chi connectivity index (χ1v) is 11.2. The lowest BCUT2D eigenvalue weighted by atomic mass is 10.2. The van der Waals surface area contributed by atoms with E-state index in [2.05, 4.69) is 5.32 Å². The number of methoxy groups -OCH3 is 1. The van der Waals surface area contributed by atoms with Gasteiger partial charge in [0.1, 0.15) is 24.1 Å². The van der Waals surface area contributed by atoms with Gasteiger partial charge in [-0.3, -0.25) is 9.10 Å². The third-order valence-corrected chi connectivity index (χ3v) is 5.82. The van der Waals surface area contributed by atoms with Gasteiger partial charge in [0.25, 0.3) is 0 Å². The SMILES string of the molecule is COc1ccc(N([C@H](C)C(=O)NCCOc2ccccc2Cl)S(C)(=O)=O)cc1Cl. The van der Waals surface area contributed by atoms with E-state index in [9.17, 15) is 13.2 Å². The van der Waals surface area contributed by atoms with E-state index in [1.165, 1.54) is 32.2 Å². The van der Waals surface area contributed by atoms with E-state index >= 15 is 0 Å². The first kappa shape index (κ1) is 23.1. The van der Waals surface area contributed by atoms with Crippen molar-refractivity contribution >= 4 is 44.8 Å². The summed E-state index contributed by atoms with van der Waals surface area (Å²) in [4.78, 5) is 12.5. The van der Waals surface area contributed by atoms with Gasteiger partial charge in [-0.15, -0.1) is 0 Å². The van der Waals surface area contributed by atoms with E-state index in [0.717, 1.165) is 10.6 Å². The van der Waals surface area contributed by atoms with Crippen LogP contribution in [0, 0.1) is 0 Å². The van der Waals surface area contributed by atoms with Gasteiger partial charge in [0.05, 0.1) is 35.6 Å². The number of hydrogen-bond donors (Lipinski definition) is 1. The Morgan fingerprint density at radius 1 is 1.14 bits per heavy atom. The van der Waals surface area contributed by atoms with Gasteiger partial charge in [0, 0.05) is 0 Å². The lowest BCUT2D eigenvalue weighted by Crippen LogP contribution is -2.48. The van der Waals surface area contributed by atoms with E-state index in [1.54, 1.807) is 24.3 Å². The lowest BCUT2D eigenvalue weighted by molar-refractivity contribution is -0.121. The van der Waals surface area contributed by atoms with Gasteiger partial charge in [0.15, 0.2) is 0 Å². The Balaban J connectivity index is 2.05. The molecule has 10 heteroatoms. The molecule has 0 fully saturated rings. The number of hydrogen-bond acceptors (Lipinski definition) is 5. The lowest BCUT2D eigenvalue weighted by Gasteiger charge is -2.28. The molecule has 0 aliphatic carbocycles. The molecule has 0 saturated heterocycles. The van der Waals surface area contributed by atoms with Gasteiger partial charge in [-0.2, -0.15) is 0 Å². The first-order valence-electron chi connectivity index (χ1n) is 8.63. The van der Waals surface area contributed by atoms with E-state index < -0.39 is 22.0 Å². The van der Waals surface area contributed by atoms with Crippen LogP contribution in [0.3, 0.4) is 0 Å². The van der Waals surface area contributed by atoms with Gasteiger partial charge in [-0.25, -0.2) is 8.42 Å². The van der Waals surface area contributed by atoms with Crippen molar-refractivity contribution in [2.75, 3.05) is 30.8 Å². The molecule has 29 heavy (non-hydrogen) atoms. The molecular weight excluding hydrogens is 439 g/mol. The largest absolute Gasteiger partial charge is 0.495 e. The van der Waals surface area contributed by atoms with E-state index in [4.69, 9.17) is 32.7 Å². The van der Waals surface area contributed by atoms with Crippen LogP contribution in [-0.2, 0) is 14.8 Å². The highest BCUT2D eigenvalue weighted by molar-refractivity contribution is 7.92. The number of benzene rings is 2. The number of carbonyl (C=O) groups is 1. The molecule has 0 heterocycles. The highest BCUT2D eigenvalue weighted by Gasteiger charge is 2.29. The number of amides is 1. The molecule has 158 valence electrons. The number of anilines is 1. The van der Waals surface area contributed by atoms with Crippen molar-refractivity contribution in [1.82, 2.24) is 5.32 Å². The zero-order valence-corrected chi connectivity index (χ0v) is 18.5. The standard InChI is InChI=1S/C19H22Cl2N2O5S/c1-13(19(24)22-10-11-28-18-7-5-4-6-15(18)20)23(29(3,25)26)14-8-9-17(27-2)16(21)12-14/h4-9,12-13H,10-11H2,1-3H3,(H,22,24)/t13-/m1/s1. The third kappa shape index (κ3) is 6.16. The van der Waals surface area contributed by atoms with E-state index in [1.807, 2.05) is 0 Å². The van der Waals surface area contributed by atoms with Gasteiger partial charge in [0.2, 0.25) is 15.9 Å². The summed E-state index contributed by atoms with van der Waals surface area (Å²) in [7, 11) is -2.30. The number of carbonyl (C=O) groups excluding carboxylic acids is 1. The maximum absolute atomic E-state index is 12.5. The Kier molecular flexibility index (Phi) is 8.01. The topological polar surface area (TPSA) is 84.9 Å². The number of nitrogens with zero attached hydrogens (tertiary/aromatic N) is 1. The quantitative estimate of drug-likeness (QED) is 0.579. The Morgan fingerprint density at radius 2 is 1.83 bits per heavy atom. The number of halogens is 2. The molecule has 0 aliphatic heterocycles. The number of rotatable bonds is 9. The Bertz CT molecular complexity index is 969. The molecule has 2 rings (SSSR count). The maximum atomic E-state index is 12.5. The Morgan fingerprint density at radius 3 is 2.41 bits per heavy atom. The zero-order valence-electron chi connectivity index (χ0n) is 16.2. The molecule has 0 bridgehead atoms. The minimum Gasteiger partial charge on any atom is -0.495 e. The van der Waals surface area contributed by atoms with Crippen LogP contribution in [-0.4, -0.2) is 46.9 Å². The van der Waals surface area contributed by atoms with Crippen LogP contribution in [0.1, 0.15) is 6.92 Å². The summed E-state index contributed by atoms with van der Waals surface area (Å²) in [6, 6.07) is 10.5. The summed E-state index contributed by atoms with van der Waals surface area (Å²) < 4.78 is 36.3. The highest BCUT2D eigenvalue weighted by Crippen LogP contribution is 2.31. The summed E-state index contributed by atoms with van der Waals surface area (Å²) >= 11 is 12.1. The van der Waals surface area contributed by atoms with Crippen LogP contribution in [0.2, 0.25) is 10.0 Å². The molecular formula is C19H22Cl2N2O5S. The number of para-hydroxylation sites is 1. The van der Waals surface area contributed by atoms with Crippen LogP contribution in [0.25, 0.3) is 0 Å². The number of ether oxygens (including phenoxy) is 2. The molecule has 1 amide bonds. The van der Waals surface area contributed by atoms with Crippen molar-refractivity contribution in [3.8, 4) is 11.5 Å². The summed E-state index contributed by atoms with van der Waals surface area (Å²) in [5.41, 5.74) is 0.258. The molecule has 0 unspecified atom stereocenters. The highest BCUT2D eigenvalue weighted by atomic mass is 35.5. The molecule has 0 aromatic heterocycles. The molecule has 2 aromatic carbocycles. The van der Waals surface area contributed by atoms with Crippen molar-refractivity contribution in [3.63, 3.8) is 0 Å². The van der Waals surface area contributed by atoms with Crippen molar-refractivity contribution in [2.45, 2.75) is 13.0 Å². The minimum absolute atomic E-state index is 0.176.